The summed E-state index contributed by atoms with van der Waals surface area (Å²) in [5.41, 5.74) is 1.29. The van der Waals surface area contributed by atoms with Gasteiger partial charge in [-0.05, 0) is 35.9 Å². The van der Waals surface area contributed by atoms with E-state index in [1.54, 1.807) is 48.5 Å². The van der Waals surface area contributed by atoms with Crippen molar-refractivity contribution in [2.24, 2.45) is 0 Å². The number of hydrogen-bond acceptors (Lipinski definition) is 1. The normalized spacial score (nSPS) is 13.7. The zero-order chi connectivity index (χ0) is 18.2. The van der Waals surface area contributed by atoms with Crippen LogP contribution in [0.3, 0.4) is 0 Å². The predicted molar refractivity (Wildman–Crippen MR) is 97.4 cm³/mol. The maximum atomic E-state index is 13.1. The highest BCUT2D eigenvalue weighted by atomic mass is 79.9. The number of hydrogen-bond donors (Lipinski definition) is 2. The number of aromatic nitrogens is 1. The Morgan fingerprint density at radius 2 is 1.76 bits per heavy atom. The molecule has 0 amide bonds. The van der Waals surface area contributed by atoms with Crippen LogP contribution in [0, 0.1) is 0 Å². The number of aliphatic hydroxyl groups excluding tert-OH is 1. The largest absolute Gasteiger partial charge is 0.418 e. The Hall–Kier alpha value is -1.76. The van der Waals surface area contributed by atoms with Crippen molar-refractivity contribution in [2.45, 2.75) is 12.3 Å². The number of nitrogens with one attached hydrogen (secondary N) is 1. The van der Waals surface area contributed by atoms with Gasteiger partial charge in [-0.15, -0.1) is 0 Å². The molecule has 0 aliphatic carbocycles. The Morgan fingerprint density at radius 1 is 1.08 bits per heavy atom. The molecule has 0 saturated heterocycles. The maximum absolute atomic E-state index is 13.1. The molecule has 1 atom stereocenters. The Kier molecular flexibility index (Phi) is 4.95. The summed E-state index contributed by atoms with van der Waals surface area (Å²) in [5.74, 6) is 0. The van der Waals surface area contributed by atoms with Gasteiger partial charge in [0, 0.05) is 31.7 Å². The summed E-state index contributed by atoms with van der Waals surface area (Å²) in [6, 6.07) is 11.7. The minimum Gasteiger partial charge on any atom is -0.379 e. The monoisotopic (exact) mass is 429 g/mol. The second-order valence-corrected chi connectivity index (χ2v) is 6.82. The van der Waals surface area contributed by atoms with Crippen molar-refractivity contribution in [3.8, 4) is 0 Å². The molecule has 2 nitrogen and oxygen atoms in total. The van der Waals surface area contributed by atoms with Crippen molar-refractivity contribution in [1.29, 1.82) is 0 Å². The third kappa shape index (κ3) is 3.92. The van der Waals surface area contributed by atoms with Crippen LogP contribution in [0.1, 0.15) is 22.9 Å². The third-order valence-corrected chi connectivity index (χ3v) is 4.47. The molecule has 130 valence electrons. The van der Waals surface area contributed by atoms with Crippen molar-refractivity contribution >= 4 is 50.6 Å². The topological polar surface area (TPSA) is 36.0 Å². The van der Waals surface area contributed by atoms with Crippen LogP contribution < -0.4 is 0 Å². The smallest absolute Gasteiger partial charge is 0.379 e. The van der Waals surface area contributed by atoms with Gasteiger partial charge in [0.1, 0.15) is 0 Å². The molecule has 3 rings (SSSR count). The Bertz CT molecular complexity index is 932. The van der Waals surface area contributed by atoms with Gasteiger partial charge in [-0.1, -0.05) is 51.8 Å². The van der Waals surface area contributed by atoms with Crippen LogP contribution in [0.5, 0.6) is 0 Å². The maximum Gasteiger partial charge on any atom is 0.418 e. The van der Waals surface area contributed by atoms with Gasteiger partial charge >= 0.3 is 6.18 Å². The van der Waals surface area contributed by atoms with Gasteiger partial charge in [0.15, 0.2) is 6.10 Å². The summed E-state index contributed by atoms with van der Waals surface area (Å²) in [5, 5.41) is 10.7. The van der Waals surface area contributed by atoms with Gasteiger partial charge in [-0.2, -0.15) is 13.2 Å². The molecule has 2 aromatic carbocycles. The van der Waals surface area contributed by atoms with E-state index in [1.165, 1.54) is 6.08 Å². The molecular formula is C18H12BrClF3NO. The van der Waals surface area contributed by atoms with E-state index >= 15 is 0 Å². The summed E-state index contributed by atoms with van der Waals surface area (Å²) >= 11 is 9.11. The quantitative estimate of drug-likeness (QED) is 0.499. The SMILES string of the molecule is OC(c1c(/C=C/c2ccc(Cl)cc2)[nH]c2cc(Br)ccc12)C(F)(F)F. The Labute approximate surface area is 155 Å². The second kappa shape index (κ2) is 6.86. The first-order valence-corrected chi connectivity index (χ1v) is 8.42. The predicted octanol–water partition coefficient (Wildman–Crippen LogP) is 6.35. The molecule has 3 aromatic rings. The second-order valence-electron chi connectivity index (χ2n) is 5.47. The van der Waals surface area contributed by atoms with Crippen molar-refractivity contribution < 1.29 is 18.3 Å². The van der Waals surface area contributed by atoms with Crippen molar-refractivity contribution in [3.63, 3.8) is 0 Å². The van der Waals surface area contributed by atoms with Gasteiger partial charge in [0.05, 0.1) is 0 Å². The summed E-state index contributed by atoms with van der Waals surface area (Å²) < 4.78 is 40.0. The van der Waals surface area contributed by atoms with Crippen LogP contribution in [0.4, 0.5) is 13.2 Å². The number of rotatable bonds is 3. The number of halogens is 5. The van der Waals surface area contributed by atoms with Crippen LogP contribution in [-0.4, -0.2) is 16.3 Å². The molecule has 0 fully saturated rings. The lowest BCUT2D eigenvalue weighted by Crippen LogP contribution is -2.20. The van der Waals surface area contributed by atoms with Crippen LogP contribution in [-0.2, 0) is 0 Å². The van der Waals surface area contributed by atoms with E-state index in [0.29, 0.717) is 15.9 Å². The van der Waals surface area contributed by atoms with Gasteiger partial charge < -0.3 is 10.1 Å². The standard InChI is InChI=1S/C18H12BrClF3NO/c19-11-4-7-13-15(9-11)24-14(16(13)17(25)18(21,22)23)8-3-10-1-5-12(20)6-2-10/h1-9,17,24-25H/b8-3+. The molecule has 1 unspecified atom stereocenters. The van der Waals surface area contributed by atoms with Crippen LogP contribution in [0.25, 0.3) is 23.1 Å². The zero-order valence-corrected chi connectivity index (χ0v) is 15.0. The van der Waals surface area contributed by atoms with Crippen molar-refractivity contribution in [1.82, 2.24) is 4.98 Å². The number of alkyl halides is 3. The van der Waals surface area contributed by atoms with Crippen LogP contribution >= 0.6 is 27.5 Å². The van der Waals surface area contributed by atoms with Gasteiger partial charge in [-0.25, -0.2) is 0 Å². The number of fused-ring (bicyclic) bond motifs is 1. The van der Waals surface area contributed by atoms with E-state index in [9.17, 15) is 18.3 Å². The van der Waals surface area contributed by atoms with Gasteiger partial charge in [0.25, 0.3) is 0 Å². The van der Waals surface area contributed by atoms with Crippen LogP contribution in [0.2, 0.25) is 5.02 Å². The molecule has 0 saturated carbocycles. The molecule has 0 aliphatic rings. The van der Waals surface area contributed by atoms with Gasteiger partial charge in [-0.3, -0.25) is 0 Å². The Balaban J connectivity index is 2.11. The highest BCUT2D eigenvalue weighted by Gasteiger charge is 2.41. The lowest BCUT2D eigenvalue weighted by Gasteiger charge is -2.15. The molecular weight excluding hydrogens is 419 g/mol. The Morgan fingerprint density at radius 3 is 2.40 bits per heavy atom. The average molecular weight is 431 g/mol. The summed E-state index contributed by atoms with van der Waals surface area (Å²) in [7, 11) is 0. The molecule has 0 aliphatic heterocycles. The summed E-state index contributed by atoms with van der Waals surface area (Å²) in [4.78, 5) is 2.94. The number of aliphatic hydroxyl groups is 1. The number of benzene rings is 2. The number of H-pyrrole nitrogens is 1. The lowest BCUT2D eigenvalue weighted by atomic mass is 10.0. The summed E-state index contributed by atoms with van der Waals surface area (Å²) in [6.07, 6.45) is -4.16. The van der Waals surface area contributed by atoms with E-state index in [0.717, 1.165) is 10.0 Å². The molecule has 0 radical (unpaired) electrons. The fourth-order valence-electron chi connectivity index (χ4n) is 2.56. The first kappa shape index (κ1) is 18.0. The van der Waals surface area contributed by atoms with E-state index in [2.05, 4.69) is 20.9 Å². The average Bonchev–Trinajstić information content (AvgIpc) is 2.89. The molecule has 25 heavy (non-hydrogen) atoms. The third-order valence-electron chi connectivity index (χ3n) is 3.73. The van der Waals surface area contributed by atoms with Crippen LogP contribution in [0.15, 0.2) is 46.9 Å². The fraction of sp³-hybridized carbons (Fsp3) is 0.111. The lowest BCUT2D eigenvalue weighted by molar-refractivity contribution is -0.206. The van der Waals surface area contributed by atoms with Crippen molar-refractivity contribution in [2.75, 3.05) is 0 Å². The van der Waals surface area contributed by atoms with Crippen molar-refractivity contribution in [3.05, 3.63) is 68.8 Å². The molecule has 0 spiro atoms. The van der Waals surface area contributed by atoms with E-state index in [1.807, 2.05) is 0 Å². The molecule has 1 heterocycles. The van der Waals surface area contributed by atoms with Gasteiger partial charge in [0.2, 0.25) is 0 Å². The highest BCUT2D eigenvalue weighted by molar-refractivity contribution is 9.10. The van der Waals surface area contributed by atoms with E-state index in [4.69, 9.17) is 11.6 Å². The molecule has 2 N–H and O–H groups in total. The van der Waals surface area contributed by atoms with E-state index in [-0.39, 0.29) is 11.3 Å². The highest BCUT2D eigenvalue weighted by Crippen LogP contribution is 2.39. The first-order chi connectivity index (χ1) is 11.8. The molecule has 1 aromatic heterocycles. The minimum absolute atomic E-state index is 0.194. The number of aromatic amines is 1. The zero-order valence-electron chi connectivity index (χ0n) is 12.6. The van der Waals surface area contributed by atoms with E-state index < -0.39 is 12.3 Å². The minimum atomic E-state index is -4.76. The first-order valence-electron chi connectivity index (χ1n) is 7.25. The molecule has 7 heteroatoms. The fourth-order valence-corrected chi connectivity index (χ4v) is 3.04. The molecule has 0 bridgehead atoms. The summed E-state index contributed by atoms with van der Waals surface area (Å²) in [6.45, 7) is 0.